The van der Waals surface area contributed by atoms with Crippen LogP contribution < -0.4 is 0 Å². The summed E-state index contributed by atoms with van der Waals surface area (Å²) in [6.45, 7) is 0. The number of H-pyrrole nitrogens is 1. The Labute approximate surface area is 102 Å². The molecule has 0 aliphatic rings. The lowest BCUT2D eigenvalue weighted by molar-refractivity contribution is 0.383. The summed E-state index contributed by atoms with van der Waals surface area (Å²) >= 11 is 0. The highest BCUT2D eigenvalue weighted by Gasteiger charge is 2.12. The van der Waals surface area contributed by atoms with Crippen molar-refractivity contribution in [3.8, 4) is 17.4 Å². The van der Waals surface area contributed by atoms with Crippen LogP contribution in [0, 0.1) is 0 Å². The maximum absolute atomic E-state index is 9.64. The number of aromatic amines is 1. The Kier molecular flexibility index (Phi) is 2.49. The maximum atomic E-state index is 9.64. The highest BCUT2D eigenvalue weighted by Crippen LogP contribution is 2.19. The summed E-state index contributed by atoms with van der Waals surface area (Å²) in [5.41, 5.74) is 0.727. The lowest BCUT2D eigenvalue weighted by Crippen LogP contribution is -1.89. The van der Waals surface area contributed by atoms with Crippen molar-refractivity contribution in [1.29, 1.82) is 0 Å². The quantitative estimate of drug-likeness (QED) is 0.715. The van der Waals surface area contributed by atoms with E-state index in [0.29, 0.717) is 24.0 Å². The van der Waals surface area contributed by atoms with Gasteiger partial charge in [0.1, 0.15) is 12.1 Å². The zero-order chi connectivity index (χ0) is 12.4. The van der Waals surface area contributed by atoms with Crippen LogP contribution in [0.5, 0.6) is 5.75 Å². The number of nitrogens with zero attached hydrogens (tertiary/aromatic N) is 4. The van der Waals surface area contributed by atoms with Crippen LogP contribution in [0.25, 0.3) is 11.6 Å². The van der Waals surface area contributed by atoms with Crippen molar-refractivity contribution >= 4 is 0 Å². The smallest absolute Gasteiger partial charge is 0.239 e. The lowest BCUT2D eigenvalue weighted by Gasteiger charge is -1.99. The van der Waals surface area contributed by atoms with E-state index in [1.165, 1.54) is 6.33 Å². The third-order valence-electron chi connectivity index (χ3n) is 2.43. The van der Waals surface area contributed by atoms with E-state index in [2.05, 4.69) is 25.3 Å². The number of benzene rings is 1. The molecule has 0 fully saturated rings. The summed E-state index contributed by atoms with van der Waals surface area (Å²) in [7, 11) is 0. The number of aromatic hydroxyl groups is 1. The predicted molar refractivity (Wildman–Crippen MR) is 60.6 cm³/mol. The fourth-order valence-corrected chi connectivity index (χ4v) is 1.56. The largest absolute Gasteiger partial charge is 0.508 e. The van der Waals surface area contributed by atoms with Gasteiger partial charge in [0.05, 0.1) is 6.42 Å². The first kappa shape index (κ1) is 10.5. The molecule has 0 saturated carbocycles. The van der Waals surface area contributed by atoms with E-state index in [9.17, 15) is 5.11 Å². The van der Waals surface area contributed by atoms with Crippen molar-refractivity contribution in [2.45, 2.75) is 6.42 Å². The van der Waals surface area contributed by atoms with Gasteiger partial charge in [0.15, 0.2) is 5.82 Å². The zero-order valence-electron chi connectivity index (χ0n) is 9.24. The van der Waals surface area contributed by atoms with E-state index in [0.717, 1.165) is 5.56 Å². The molecule has 0 amide bonds. The summed E-state index contributed by atoms with van der Waals surface area (Å²) in [6, 6.07) is 7.01. The number of phenolic OH excluding ortho intramolecular Hbond substituents is 1. The molecule has 3 aromatic rings. The van der Waals surface area contributed by atoms with E-state index < -0.39 is 0 Å². The molecule has 2 heterocycles. The van der Waals surface area contributed by atoms with Crippen LogP contribution >= 0.6 is 0 Å². The number of aromatic nitrogens is 5. The number of rotatable bonds is 3. The molecular weight excluding hydrogens is 234 g/mol. The molecule has 0 radical (unpaired) electrons. The Morgan fingerprint density at radius 3 is 2.94 bits per heavy atom. The van der Waals surface area contributed by atoms with Crippen molar-refractivity contribution in [2.75, 3.05) is 0 Å². The van der Waals surface area contributed by atoms with Gasteiger partial charge in [-0.15, -0.1) is 0 Å². The van der Waals surface area contributed by atoms with Crippen molar-refractivity contribution in [2.24, 2.45) is 0 Å². The Balaban J connectivity index is 1.85. The number of para-hydroxylation sites is 1. The minimum absolute atomic E-state index is 0.205. The third-order valence-corrected chi connectivity index (χ3v) is 2.43. The van der Waals surface area contributed by atoms with Crippen LogP contribution in [-0.2, 0) is 6.42 Å². The normalized spacial score (nSPS) is 10.7. The number of hydrogen-bond donors (Lipinski definition) is 2. The second kappa shape index (κ2) is 4.28. The molecule has 0 bridgehead atoms. The topological polar surface area (TPSA) is 101 Å². The monoisotopic (exact) mass is 243 g/mol. The molecule has 7 nitrogen and oxygen atoms in total. The fraction of sp³-hybridized carbons (Fsp3) is 0.0909. The van der Waals surface area contributed by atoms with E-state index in [1.807, 2.05) is 6.07 Å². The summed E-state index contributed by atoms with van der Waals surface area (Å²) in [6.07, 6.45) is 1.74. The summed E-state index contributed by atoms with van der Waals surface area (Å²) in [5.74, 6) is 1.40. The van der Waals surface area contributed by atoms with Crippen LogP contribution in [0.3, 0.4) is 0 Å². The molecule has 3 rings (SSSR count). The highest BCUT2D eigenvalue weighted by atomic mass is 16.5. The van der Waals surface area contributed by atoms with Crippen molar-refractivity contribution < 1.29 is 9.63 Å². The van der Waals surface area contributed by atoms with Crippen LogP contribution in [-0.4, -0.2) is 30.4 Å². The molecule has 1 aromatic carbocycles. The van der Waals surface area contributed by atoms with Gasteiger partial charge in [-0.3, -0.25) is 5.10 Å². The van der Waals surface area contributed by atoms with Crippen LogP contribution in [0.15, 0.2) is 35.1 Å². The number of hydrogen-bond acceptors (Lipinski definition) is 6. The van der Waals surface area contributed by atoms with Crippen LogP contribution in [0.4, 0.5) is 0 Å². The molecule has 90 valence electrons. The van der Waals surface area contributed by atoms with E-state index in [-0.39, 0.29) is 5.75 Å². The summed E-state index contributed by atoms with van der Waals surface area (Å²) in [4.78, 5) is 8.09. The Morgan fingerprint density at radius 1 is 1.28 bits per heavy atom. The molecule has 0 saturated heterocycles. The molecular formula is C11H9N5O2. The van der Waals surface area contributed by atoms with Gasteiger partial charge < -0.3 is 9.63 Å². The first-order chi connectivity index (χ1) is 8.83. The van der Waals surface area contributed by atoms with Crippen LogP contribution in [0.2, 0.25) is 0 Å². The van der Waals surface area contributed by atoms with E-state index in [1.54, 1.807) is 18.2 Å². The van der Waals surface area contributed by atoms with Gasteiger partial charge in [0, 0.05) is 5.56 Å². The zero-order valence-corrected chi connectivity index (χ0v) is 9.24. The van der Waals surface area contributed by atoms with Gasteiger partial charge in [-0.1, -0.05) is 23.4 Å². The molecule has 0 aliphatic carbocycles. The SMILES string of the molecule is Oc1ccccc1Cc1nc(-c2ncn[nH]2)no1. The molecule has 0 aliphatic heterocycles. The minimum Gasteiger partial charge on any atom is -0.508 e. The van der Waals surface area contributed by atoms with Gasteiger partial charge in [-0.25, -0.2) is 4.98 Å². The van der Waals surface area contributed by atoms with Crippen molar-refractivity contribution in [3.63, 3.8) is 0 Å². The van der Waals surface area contributed by atoms with E-state index >= 15 is 0 Å². The molecule has 18 heavy (non-hydrogen) atoms. The molecule has 0 spiro atoms. The Hall–Kier alpha value is -2.70. The fourth-order valence-electron chi connectivity index (χ4n) is 1.56. The summed E-state index contributed by atoms with van der Waals surface area (Å²) < 4.78 is 5.09. The average molecular weight is 243 g/mol. The minimum atomic E-state index is 0.205. The highest BCUT2D eigenvalue weighted by molar-refractivity contribution is 5.40. The summed E-state index contributed by atoms with van der Waals surface area (Å²) in [5, 5.41) is 19.8. The van der Waals surface area contributed by atoms with Gasteiger partial charge in [-0.05, 0) is 6.07 Å². The van der Waals surface area contributed by atoms with Crippen molar-refractivity contribution in [1.82, 2.24) is 25.3 Å². The number of nitrogens with one attached hydrogen (secondary N) is 1. The van der Waals surface area contributed by atoms with E-state index in [4.69, 9.17) is 4.52 Å². The number of phenols is 1. The van der Waals surface area contributed by atoms with Gasteiger partial charge in [0.25, 0.3) is 0 Å². The van der Waals surface area contributed by atoms with Gasteiger partial charge in [0.2, 0.25) is 11.7 Å². The molecule has 0 unspecified atom stereocenters. The maximum Gasteiger partial charge on any atom is 0.239 e. The Bertz CT molecular complexity index is 647. The van der Waals surface area contributed by atoms with Crippen LogP contribution in [0.1, 0.15) is 11.5 Å². The molecule has 2 N–H and O–H groups in total. The Morgan fingerprint density at radius 2 is 2.17 bits per heavy atom. The standard InChI is InChI=1S/C11H9N5O2/c17-8-4-2-1-3-7(8)5-9-14-11(16-18-9)10-12-6-13-15-10/h1-4,6,17H,5H2,(H,12,13,15). The van der Waals surface area contributed by atoms with Crippen molar-refractivity contribution in [3.05, 3.63) is 42.0 Å². The molecule has 0 atom stereocenters. The molecule has 2 aromatic heterocycles. The third kappa shape index (κ3) is 1.93. The second-order valence-electron chi connectivity index (χ2n) is 3.65. The van der Waals surface area contributed by atoms with Gasteiger partial charge in [-0.2, -0.15) is 10.1 Å². The second-order valence-corrected chi connectivity index (χ2v) is 3.65. The molecule has 7 heteroatoms. The average Bonchev–Trinajstić information content (AvgIpc) is 3.02. The lowest BCUT2D eigenvalue weighted by atomic mass is 10.1. The first-order valence-corrected chi connectivity index (χ1v) is 5.28. The first-order valence-electron chi connectivity index (χ1n) is 5.28. The van der Waals surface area contributed by atoms with Gasteiger partial charge >= 0.3 is 0 Å². The predicted octanol–water partition coefficient (Wildman–Crippen LogP) is 1.15.